The van der Waals surface area contributed by atoms with Crippen LogP contribution in [-0.4, -0.2) is 56.3 Å². The van der Waals surface area contributed by atoms with E-state index >= 15 is 0 Å². The monoisotopic (exact) mass is 449 g/mol. The predicted octanol–water partition coefficient (Wildman–Crippen LogP) is 3.99. The van der Waals surface area contributed by atoms with Crippen LogP contribution < -0.4 is 4.90 Å². The van der Waals surface area contributed by atoms with Crippen LogP contribution >= 0.6 is 23.2 Å². The minimum Gasteiger partial charge on any atom is -0.464 e. The van der Waals surface area contributed by atoms with Gasteiger partial charge in [-0.2, -0.15) is 0 Å². The van der Waals surface area contributed by atoms with Crippen LogP contribution in [0.3, 0.4) is 0 Å². The van der Waals surface area contributed by atoms with E-state index in [2.05, 4.69) is 37.2 Å². The lowest BCUT2D eigenvalue weighted by Crippen LogP contribution is -2.48. The summed E-state index contributed by atoms with van der Waals surface area (Å²) in [7, 11) is 0. The van der Waals surface area contributed by atoms with Crippen molar-refractivity contribution in [1.82, 2.24) is 30.1 Å². The molecule has 3 aromatic rings. The number of aryl methyl sites for hydroxylation is 2. The number of unbranched alkanes of at least 4 members (excludes halogenated alkanes) is 1. The number of tetrazole rings is 1. The molecule has 0 spiro atoms. The minimum atomic E-state index is -0.143. The van der Waals surface area contributed by atoms with Crippen molar-refractivity contribution in [3.8, 4) is 0 Å². The summed E-state index contributed by atoms with van der Waals surface area (Å²) in [6, 6.07) is 3.85. The molecule has 160 valence electrons. The van der Waals surface area contributed by atoms with Gasteiger partial charge in [-0.1, -0.05) is 36.5 Å². The van der Waals surface area contributed by atoms with Gasteiger partial charge in [0.15, 0.2) is 5.82 Å². The summed E-state index contributed by atoms with van der Waals surface area (Å²) in [5.74, 6) is 2.54. The summed E-state index contributed by atoms with van der Waals surface area (Å²) in [5.41, 5.74) is 0.839. The summed E-state index contributed by atoms with van der Waals surface area (Å²) in [5, 5.41) is 13.7. The smallest absolute Gasteiger partial charge is 0.176 e. The molecule has 8 nitrogen and oxygen atoms in total. The van der Waals surface area contributed by atoms with Gasteiger partial charge < -0.3 is 9.32 Å². The molecule has 3 aromatic heterocycles. The molecular formula is C20H25Cl2N7O. The first-order chi connectivity index (χ1) is 14.6. The SMILES string of the molecule is CCCCn1nnnc1C(c1ccc(C)o1)N1CCN(c2c(Cl)cncc2Cl)CC1. The van der Waals surface area contributed by atoms with Crippen LogP contribution in [0.25, 0.3) is 0 Å². The molecule has 10 heteroatoms. The highest BCUT2D eigenvalue weighted by molar-refractivity contribution is 6.38. The summed E-state index contributed by atoms with van der Waals surface area (Å²) in [6.45, 7) is 8.03. The zero-order valence-corrected chi connectivity index (χ0v) is 18.6. The zero-order valence-electron chi connectivity index (χ0n) is 17.1. The molecule has 1 saturated heterocycles. The standard InChI is InChI=1S/C20H25Cl2N7O/c1-3-4-7-29-20(24-25-26-29)19(17-6-5-14(2)30-17)28-10-8-27(9-11-28)18-15(21)12-23-13-16(18)22/h5-6,12-13,19H,3-4,7-11H2,1-2H3. The number of anilines is 1. The number of furan rings is 1. The van der Waals surface area contributed by atoms with Crippen LogP contribution in [-0.2, 0) is 6.54 Å². The fraction of sp³-hybridized carbons (Fsp3) is 0.500. The van der Waals surface area contributed by atoms with E-state index in [1.54, 1.807) is 12.4 Å². The molecule has 0 radical (unpaired) electrons. The number of halogens is 2. The Morgan fingerprint density at radius 1 is 1.10 bits per heavy atom. The maximum atomic E-state index is 6.36. The van der Waals surface area contributed by atoms with Gasteiger partial charge in [0, 0.05) is 45.1 Å². The first-order valence-electron chi connectivity index (χ1n) is 10.2. The molecule has 1 unspecified atom stereocenters. The van der Waals surface area contributed by atoms with Crippen molar-refractivity contribution >= 4 is 28.9 Å². The molecular weight excluding hydrogens is 425 g/mol. The van der Waals surface area contributed by atoms with Crippen LogP contribution in [0, 0.1) is 6.92 Å². The van der Waals surface area contributed by atoms with Gasteiger partial charge in [-0.3, -0.25) is 9.88 Å². The fourth-order valence-corrected chi connectivity index (χ4v) is 4.46. The highest BCUT2D eigenvalue weighted by Gasteiger charge is 2.33. The second-order valence-electron chi connectivity index (χ2n) is 7.44. The molecule has 0 N–H and O–H groups in total. The van der Waals surface area contributed by atoms with Crippen molar-refractivity contribution in [1.29, 1.82) is 0 Å². The zero-order chi connectivity index (χ0) is 21.1. The number of piperazine rings is 1. The molecule has 30 heavy (non-hydrogen) atoms. The second-order valence-corrected chi connectivity index (χ2v) is 8.25. The number of nitrogens with zero attached hydrogens (tertiary/aromatic N) is 7. The van der Waals surface area contributed by atoms with Crippen LogP contribution in [0.1, 0.15) is 43.2 Å². The van der Waals surface area contributed by atoms with Crippen molar-refractivity contribution < 1.29 is 4.42 Å². The Balaban J connectivity index is 1.58. The van der Waals surface area contributed by atoms with Gasteiger partial charge in [0.1, 0.15) is 17.6 Å². The van der Waals surface area contributed by atoms with Crippen molar-refractivity contribution in [2.75, 3.05) is 31.1 Å². The van der Waals surface area contributed by atoms with E-state index in [9.17, 15) is 0 Å². The van der Waals surface area contributed by atoms with E-state index in [4.69, 9.17) is 27.6 Å². The average molecular weight is 450 g/mol. The van der Waals surface area contributed by atoms with E-state index in [1.807, 2.05) is 23.7 Å². The first-order valence-corrected chi connectivity index (χ1v) is 10.9. The quantitative estimate of drug-likeness (QED) is 0.539. The Kier molecular flexibility index (Phi) is 6.55. The Labute approximate surface area is 185 Å². The van der Waals surface area contributed by atoms with Crippen LogP contribution in [0.2, 0.25) is 10.0 Å². The fourth-order valence-electron chi connectivity index (χ4n) is 3.86. The lowest BCUT2D eigenvalue weighted by molar-refractivity contribution is 0.179. The van der Waals surface area contributed by atoms with E-state index in [0.29, 0.717) is 10.0 Å². The molecule has 0 bridgehead atoms. The molecule has 0 amide bonds. The van der Waals surface area contributed by atoms with Gasteiger partial charge in [0.25, 0.3) is 0 Å². The third-order valence-electron chi connectivity index (χ3n) is 5.38. The van der Waals surface area contributed by atoms with Crippen molar-refractivity contribution in [3.63, 3.8) is 0 Å². The van der Waals surface area contributed by atoms with Gasteiger partial charge in [0.05, 0.1) is 15.7 Å². The summed E-state index contributed by atoms with van der Waals surface area (Å²) < 4.78 is 7.92. The first kappa shape index (κ1) is 21.1. The Morgan fingerprint density at radius 2 is 1.83 bits per heavy atom. The highest BCUT2D eigenvalue weighted by atomic mass is 35.5. The molecule has 1 aliphatic rings. The number of hydrogen-bond donors (Lipinski definition) is 0. The van der Waals surface area contributed by atoms with Crippen molar-refractivity contribution in [2.24, 2.45) is 0 Å². The van der Waals surface area contributed by atoms with Crippen molar-refractivity contribution in [2.45, 2.75) is 39.3 Å². The molecule has 1 fully saturated rings. The third-order valence-corrected chi connectivity index (χ3v) is 5.94. The summed E-state index contributed by atoms with van der Waals surface area (Å²) >= 11 is 12.7. The molecule has 1 aliphatic heterocycles. The number of rotatable bonds is 7. The highest BCUT2D eigenvalue weighted by Crippen LogP contribution is 2.35. The van der Waals surface area contributed by atoms with Gasteiger partial charge >= 0.3 is 0 Å². The van der Waals surface area contributed by atoms with Crippen molar-refractivity contribution in [3.05, 3.63) is 51.9 Å². The Hall–Kier alpha value is -2.16. The minimum absolute atomic E-state index is 0.143. The van der Waals surface area contributed by atoms with E-state index in [-0.39, 0.29) is 6.04 Å². The maximum Gasteiger partial charge on any atom is 0.176 e. The van der Waals surface area contributed by atoms with E-state index in [1.165, 1.54) is 0 Å². The lowest BCUT2D eigenvalue weighted by atomic mass is 10.1. The molecule has 1 atom stereocenters. The Bertz CT molecular complexity index is 961. The normalized spacial score (nSPS) is 16.2. The second kappa shape index (κ2) is 9.32. The summed E-state index contributed by atoms with van der Waals surface area (Å²) in [4.78, 5) is 8.61. The predicted molar refractivity (Wildman–Crippen MR) is 116 cm³/mol. The van der Waals surface area contributed by atoms with Gasteiger partial charge in [-0.15, -0.1) is 5.10 Å². The van der Waals surface area contributed by atoms with Crippen LogP contribution in [0.5, 0.6) is 0 Å². The van der Waals surface area contributed by atoms with Crippen LogP contribution in [0.4, 0.5) is 5.69 Å². The van der Waals surface area contributed by atoms with E-state index in [0.717, 1.165) is 68.6 Å². The van der Waals surface area contributed by atoms with Crippen LogP contribution in [0.15, 0.2) is 28.9 Å². The van der Waals surface area contributed by atoms with Gasteiger partial charge in [0.2, 0.25) is 0 Å². The topological polar surface area (TPSA) is 76.1 Å². The number of hydrogen-bond acceptors (Lipinski definition) is 7. The van der Waals surface area contributed by atoms with Gasteiger partial charge in [-0.25, -0.2) is 4.68 Å². The average Bonchev–Trinajstić information content (AvgIpc) is 3.37. The van der Waals surface area contributed by atoms with Gasteiger partial charge in [-0.05, 0) is 35.9 Å². The molecule has 0 saturated carbocycles. The largest absolute Gasteiger partial charge is 0.464 e. The molecule has 0 aliphatic carbocycles. The molecule has 4 heterocycles. The molecule has 4 rings (SSSR count). The third kappa shape index (κ3) is 4.31. The van der Waals surface area contributed by atoms with E-state index < -0.39 is 0 Å². The Morgan fingerprint density at radius 3 is 2.47 bits per heavy atom. The maximum absolute atomic E-state index is 6.36. The number of aromatic nitrogens is 5. The summed E-state index contributed by atoms with van der Waals surface area (Å²) in [6.07, 6.45) is 5.36. The molecule has 0 aromatic carbocycles. The lowest BCUT2D eigenvalue weighted by Gasteiger charge is -2.39. The number of pyridine rings is 1.